The van der Waals surface area contributed by atoms with Crippen LogP contribution in [0.3, 0.4) is 0 Å². The average Bonchev–Trinajstić information content (AvgIpc) is 2.88. The van der Waals surface area contributed by atoms with Gasteiger partial charge < -0.3 is 16.4 Å². The van der Waals surface area contributed by atoms with Crippen LogP contribution in [0.1, 0.15) is 38.1 Å². The summed E-state index contributed by atoms with van der Waals surface area (Å²) in [4.78, 5) is 36.1. The molecule has 0 aromatic heterocycles. The molecule has 1 aliphatic heterocycles. The van der Waals surface area contributed by atoms with Gasteiger partial charge in [0.2, 0.25) is 11.8 Å². The number of benzene rings is 1. The van der Waals surface area contributed by atoms with E-state index in [9.17, 15) is 14.4 Å². The highest BCUT2D eigenvalue weighted by Crippen LogP contribution is 2.18. The third kappa shape index (κ3) is 4.55. The lowest BCUT2D eigenvalue weighted by atomic mass is 9.95. The van der Waals surface area contributed by atoms with Crippen molar-refractivity contribution in [1.29, 1.82) is 0 Å². The molecule has 136 valence electrons. The normalized spacial score (nSPS) is 23.1. The van der Waals surface area contributed by atoms with Gasteiger partial charge in [-0.1, -0.05) is 26.8 Å². The van der Waals surface area contributed by atoms with Gasteiger partial charge in [-0.2, -0.15) is 0 Å². The van der Waals surface area contributed by atoms with Gasteiger partial charge in [0.25, 0.3) is 5.91 Å². The van der Waals surface area contributed by atoms with E-state index < -0.39 is 23.4 Å². The quantitative estimate of drug-likeness (QED) is 0.529. The third-order valence-corrected chi connectivity index (χ3v) is 4.03. The molecular weight excluding hydrogens is 322 g/mol. The predicted molar refractivity (Wildman–Crippen MR) is 94.5 cm³/mol. The fraction of sp³-hybridized carbons (Fsp3) is 0.471. The van der Waals surface area contributed by atoms with Crippen molar-refractivity contribution in [2.24, 2.45) is 11.1 Å². The number of primary amides is 1. The van der Waals surface area contributed by atoms with E-state index >= 15 is 0 Å². The second-order valence-corrected chi connectivity index (χ2v) is 7.24. The van der Waals surface area contributed by atoms with Gasteiger partial charge in [0, 0.05) is 22.7 Å². The molecule has 1 aromatic rings. The fourth-order valence-corrected chi connectivity index (χ4v) is 2.44. The Morgan fingerprint density at radius 3 is 2.44 bits per heavy atom. The van der Waals surface area contributed by atoms with E-state index in [1.165, 1.54) is 0 Å². The van der Waals surface area contributed by atoms with E-state index in [1.807, 2.05) is 27.7 Å². The Bertz CT molecular complexity index is 683. The molecule has 25 heavy (non-hydrogen) atoms. The summed E-state index contributed by atoms with van der Waals surface area (Å²) in [5.74, 6) is -1.04. The van der Waals surface area contributed by atoms with Crippen LogP contribution in [-0.2, 0) is 9.59 Å². The molecule has 8 nitrogen and oxygen atoms in total. The standard InChI is InChI=1S/C17H25N5O3/c1-9-12(13(14(18)23)22-21-9)20-15(24)10-6-5-7-11(8-10)19-16(25)17(2,3)4/h5-9,12-13,21-22H,1-4H3,(H2,18,23)(H,19,25)(H,20,24). The summed E-state index contributed by atoms with van der Waals surface area (Å²) in [5, 5.41) is 5.60. The third-order valence-electron chi connectivity index (χ3n) is 4.03. The van der Waals surface area contributed by atoms with Crippen LogP contribution in [-0.4, -0.2) is 35.8 Å². The lowest BCUT2D eigenvalue weighted by Gasteiger charge is -2.21. The number of amides is 3. The monoisotopic (exact) mass is 347 g/mol. The number of hydrogen-bond donors (Lipinski definition) is 5. The first-order valence-electron chi connectivity index (χ1n) is 8.12. The first kappa shape index (κ1) is 18.9. The Balaban J connectivity index is 2.11. The van der Waals surface area contributed by atoms with Crippen molar-refractivity contribution in [1.82, 2.24) is 16.2 Å². The molecule has 1 saturated heterocycles. The maximum absolute atomic E-state index is 12.5. The van der Waals surface area contributed by atoms with Crippen LogP contribution < -0.4 is 27.2 Å². The summed E-state index contributed by atoms with van der Waals surface area (Å²) in [7, 11) is 0. The number of nitrogens with two attached hydrogens (primary N) is 1. The first-order valence-corrected chi connectivity index (χ1v) is 8.12. The van der Waals surface area contributed by atoms with Gasteiger partial charge in [0.15, 0.2) is 0 Å². The Morgan fingerprint density at radius 1 is 1.16 bits per heavy atom. The molecule has 3 unspecified atom stereocenters. The zero-order chi connectivity index (χ0) is 18.8. The van der Waals surface area contributed by atoms with E-state index in [0.717, 1.165) is 0 Å². The van der Waals surface area contributed by atoms with Gasteiger partial charge in [0.1, 0.15) is 6.04 Å². The summed E-state index contributed by atoms with van der Waals surface area (Å²) in [6, 6.07) is 5.31. The second-order valence-electron chi connectivity index (χ2n) is 7.24. The number of anilines is 1. The van der Waals surface area contributed by atoms with Crippen molar-refractivity contribution in [2.45, 2.75) is 45.8 Å². The van der Waals surface area contributed by atoms with E-state index in [4.69, 9.17) is 5.73 Å². The molecule has 3 amide bonds. The number of hydrazine groups is 1. The molecule has 0 radical (unpaired) electrons. The lowest BCUT2D eigenvalue weighted by Crippen LogP contribution is -2.52. The maximum Gasteiger partial charge on any atom is 0.251 e. The Kier molecular flexibility index (Phi) is 5.44. The maximum atomic E-state index is 12.5. The average molecular weight is 347 g/mol. The van der Waals surface area contributed by atoms with E-state index in [1.54, 1.807) is 24.3 Å². The molecule has 1 fully saturated rings. The van der Waals surface area contributed by atoms with Gasteiger partial charge in [-0.05, 0) is 25.1 Å². The second kappa shape index (κ2) is 7.20. The molecule has 0 saturated carbocycles. The number of hydrogen-bond acceptors (Lipinski definition) is 5. The summed E-state index contributed by atoms with van der Waals surface area (Å²) >= 11 is 0. The van der Waals surface area contributed by atoms with Crippen molar-refractivity contribution in [3.63, 3.8) is 0 Å². The zero-order valence-electron chi connectivity index (χ0n) is 14.8. The van der Waals surface area contributed by atoms with Crippen molar-refractivity contribution in [3.05, 3.63) is 29.8 Å². The predicted octanol–water partition coefficient (Wildman–Crippen LogP) is 0.120. The number of carbonyl (C=O) groups excluding carboxylic acids is 3. The highest BCUT2D eigenvalue weighted by molar-refractivity contribution is 5.98. The summed E-state index contributed by atoms with van der Waals surface area (Å²) in [5.41, 5.74) is 11.4. The Morgan fingerprint density at radius 2 is 1.84 bits per heavy atom. The van der Waals surface area contributed by atoms with Gasteiger partial charge in [-0.3, -0.25) is 19.8 Å². The smallest absolute Gasteiger partial charge is 0.251 e. The molecule has 1 heterocycles. The fourth-order valence-electron chi connectivity index (χ4n) is 2.44. The van der Waals surface area contributed by atoms with Crippen molar-refractivity contribution < 1.29 is 14.4 Å². The zero-order valence-corrected chi connectivity index (χ0v) is 14.8. The van der Waals surface area contributed by atoms with Crippen molar-refractivity contribution >= 4 is 23.4 Å². The summed E-state index contributed by atoms with van der Waals surface area (Å²) in [6.07, 6.45) is 0. The molecule has 1 aliphatic rings. The molecular formula is C17H25N5O3. The van der Waals surface area contributed by atoms with Crippen LogP contribution in [0, 0.1) is 5.41 Å². The van der Waals surface area contributed by atoms with Gasteiger partial charge in [0.05, 0.1) is 6.04 Å². The van der Waals surface area contributed by atoms with E-state index in [0.29, 0.717) is 11.3 Å². The van der Waals surface area contributed by atoms with Gasteiger partial charge in [-0.25, -0.2) is 5.43 Å². The Labute approximate surface area is 146 Å². The molecule has 0 spiro atoms. The molecule has 8 heteroatoms. The summed E-state index contributed by atoms with van der Waals surface area (Å²) < 4.78 is 0. The number of carbonyl (C=O) groups is 3. The number of nitrogens with one attached hydrogen (secondary N) is 4. The van der Waals surface area contributed by atoms with Crippen molar-refractivity contribution in [2.75, 3.05) is 5.32 Å². The molecule has 0 bridgehead atoms. The minimum Gasteiger partial charge on any atom is -0.368 e. The number of rotatable bonds is 4. The Hall–Kier alpha value is -2.45. The van der Waals surface area contributed by atoms with Crippen LogP contribution in [0.15, 0.2) is 24.3 Å². The van der Waals surface area contributed by atoms with Crippen LogP contribution in [0.2, 0.25) is 0 Å². The molecule has 1 aromatic carbocycles. The largest absolute Gasteiger partial charge is 0.368 e. The highest BCUT2D eigenvalue weighted by Gasteiger charge is 2.37. The highest BCUT2D eigenvalue weighted by atomic mass is 16.2. The molecule has 0 aliphatic carbocycles. The minimum atomic E-state index is -0.692. The minimum absolute atomic E-state index is 0.142. The van der Waals surface area contributed by atoms with Gasteiger partial charge >= 0.3 is 0 Å². The lowest BCUT2D eigenvalue weighted by molar-refractivity contribution is -0.123. The van der Waals surface area contributed by atoms with E-state index in [-0.39, 0.29) is 17.9 Å². The van der Waals surface area contributed by atoms with Crippen LogP contribution in [0.25, 0.3) is 0 Å². The summed E-state index contributed by atoms with van der Waals surface area (Å²) in [6.45, 7) is 7.26. The van der Waals surface area contributed by atoms with E-state index in [2.05, 4.69) is 21.5 Å². The van der Waals surface area contributed by atoms with Crippen LogP contribution >= 0.6 is 0 Å². The molecule has 2 rings (SSSR count). The van der Waals surface area contributed by atoms with Crippen molar-refractivity contribution in [3.8, 4) is 0 Å². The first-order chi connectivity index (χ1) is 11.6. The van der Waals surface area contributed by atoms with Crippen LogP contribution in [0.5, 0.6) is 0 Å². The topological polar surface area (TPSA) is 125 Å². The SMILES string of the molecule is CC1NNC(C(N)=O)C1NC(=O)c1cccc(NC(=O)C(C)(C)C)c1. The molecule has 3 atom stereocenters. The van der Waals surface area contributed by atoms with Gasteiger partial charge in [-0.15, -0.1) is 0 Å². The molecule has 6 N–H and O–H groups in total. The van der Waals surface area contributed by atoms with Crippen LogP contribution in [0.4, 0.5) is 5.69 Å².